The van der Waals surface area contributed by atoms with Crippen LogP contribution in [0.2, 0.25) is 0 Å². The van der Waals surface area contributed by atoms with Crippen molar-refractivity contribution in [1.29, 1.82) is 0 Å². The van der Waals surface area contributed by atoms with Crippen LogP contribution in [0.5, 0.6) is 5.88 Å². The summed E-state index contributed by atoms with van der Waals surface area (Å²) < 4.78 is 5.29. The first-order chi connectivity index (χ1) is 8.63. The highest BCUT2D eigenvalue weighted by atomic mass is 16.5. The Balaban J connectivity index is 2.51. The van der Waals surface area contributed by atoms with Gasteiger partial charge in [-0.05, 0) is 12.5 Å². The first kappa shape index (κ1) is 12.4. The zero-order valence-electron chi connectivity index (χ0n) is 11.1. The van der Waals surface area contributed by atoms with Crippen LogP contribution in [0.1, 0.15) is 5.56 Å². The number of nitrogens with zero attached hydrogens (tertiary/aromatic N) is 3. The lowest BCUT2D eigenvalue weighted by molar-refractivity contribution is 0.397. The van der Waals surface area contributed by atoms with E-state index in [0.717, 1.165) is 17.1 Å². The van der Waals surface area contributed by atoms with Gasteiger partial charge < -0.3 is 9.64 Å². The Bertz CT molecular complexity index is 552. The molecule has 94 valence electrons. The summed E-state index contributed by atoms with van der Waals surface area (Å²) in [5.74, 6) is 1.27. The van der Waals surface area contributed by atoms with Gasteiger partial charge in [0.05, 0.1) is 19.0 Å². The fraction of sp³-hybridized carbons (Fsp3) is 0.286. The molecule has 0 saturated heterocycles. The third kappa shape index (κ3) is 2.27. The summed E-state index contributed by atoms with van der Waals surface area (Å²) in [6.07, 6.45) is 1.78. The van der Waals surface area contributed by atoms with Gasteiger partial charge in [-0.15, -0.1) is 0 Å². The lowest BCUT2D eigenvalue weighted by Crippen LogP contribution is -2.13. The average Bonchev–Trinajstić information content (AvgIpc) is 2.38. The summed E-state index contributed by atoms with van der Waals surface area (Å²) in [5, 5.41) is 0. The van der Waals surface area contributed by atoms with Crippen LogP contribution in [0.15, 0.2) is 30.5 Å². The third-order valence-electron chi connectivity index (χ3n) is 2.76. The molecular weight excluding hydrogens is 226 g/mol. The summed E-state index contributed by atoms with van der Waals surface area (Å²) in [4.78, 5) is 10.8. The van der Waals surface area contributed by atoms with E-state index in [1.807, 2.05) is 37.2 Å². The normalized spacial score (nSPS) is 10.2. The fourth-order valence-electron chi connectivity index (χ4n) is 1.80. The van der Waals surface area contributed by atoms with E-state index in [2.05, 4.69) is 23.0 Å². The first-order valence-corrected chi connectivity index (χ1v) is 5.78. The standard InChI is InChI=1S/C14H17N3O/c1-10-7-5-6-8-11(10)12-9-15-13(17(2)3)14(16-12)18-4/h5-9H,1-4H3. The highest BCUT2D eigenvalue weighted by Gasteiger charge is 2.11. The van der Waals surface area contributed by atoms with E-state index >= 15 is 0 Å². The zero-order chi connectivity index (χ0) is 13.1. The maximum Gasteiger partial charge on any atom is 0.257 e. The zero-order valence-corrected chi connectivity index (χ0v) is 11.1. The van der Waals surface area contributed by atoms with Crippen molar-refractivity contribution in [1.82, 2.24) is 9.97 Å². The molecule has 0 bridgehead atoms. The van der Waals surface area contributed by atoms with Crippen LogP contribution in [0.4, 0.5) is 5.82 Å². The number of aryl methyl sites for hydroxylation is 1. The molecule has 1 aromatic carbocycles. The van der Waals surface area contributed by atoms with Crippen LogP contribution in [-0.2, 0) is 0 Å². The summed E-state index contributed by atoms with van der Waals surface area (Å²) >= 11 is 0. The number of methoxy groups -OCH3 is 1. The molecule has 18 heavy (non-hydrogen) atoms. The quantitative estimate of drug-likeness (QED) is 0.830. The van der Waals surface area contributed by atoms with Crippen LogP contribution >= 0.6 is 0 Å². The van der Waals surface area contributed by atoms with Gasteiger partial charge in [-0.1, -0.05) is 24.3 Å². The molecule has 0 aliphatic carbocycles. The van der Waals surface area contributed by atoms with Crippen LogP contribution in [-0.4, -0.2) is 31.2 Å². The highest BCUT2D eigenvalue weighted by Crippen LogP contribution is 2.27. The first-order valence-electron chi connectivity index (χ1n) is 5.78. The molecule has 0 N–H and O–H groups in total. The molecule has 4 heteroatoms. The molecule has 0 atom stereocenters. The van der Waals surface area contributed by atoms with Crippen molar-refractivity contribution >= 4 is 5.82 Å². The predicted octanol–water partition coefficient (Wildman–Crippen LogP) is 2.53. The van der Waals surface area contributed by atoms with Gasteiger partial charge in [0.2, 0.25) is 0 Å². The minimum absolute atomic E-state index is 0.542. The summed E-state index contributed by atoms with van der Waals surface area (Å²) in [7, 11) is 5.44. The van der Waals surface area contributed by atoms with Crippen LogP contribution < -0.4 is 9.64 Å². The number of ether oxygens (including phenoxy) is 1. The minimum atomic E-state index is 0.542. The van der Waals surface area contributed by atoms with Crippen molar-refractivity contribution in [2.45, 2.75) is 6.92 Å². The molecule has 1 heterocycles. The molecule has 0 spiro atoms. The molecule has 0 radical (unpaired) electrons. The van der Waals surface area contributed by atoms with E-state index in [1.54, 1.807) is 13.3 Å². The number of benzene rings is 1. The molecular formula is C14H17N3O. The Labute approximate surface area is 107 Å². The van der Waals surface area contributed by atoms with Gasteiger partial charge in [-0.25, -0.2) is 9.97 Å². The van der Waals surface area contributed by atoms with Gasteiger partial charge in [-0.3, -0.25) is 0 Å². The van der Waals surface area contributed by atoms with Crippen LogP contribution in [0, 0.1) is 6.92 Å². The van der Waals surface area contributed by atoms with Crippen molar-refractivity contribution < 1.29 is 4.74 Å². The molecule has 0 fully saturated rings. The molecule has 4 nitrogen and oxygen atoms in total. The number of hydrogen-bond donors (Lipinski definition) is 0. The lowest BCUT2D eigenvalue weighted by Gasteiger charge is -2.15. The third-order valence-corrected chi connectivity index (χ3v) is 2.76. The van der Waals surface area contributed by atoms with Crippen molar-refractivity contribution in [2.24, 2.45) is 0 Å². The molecule has 2 aromatic rings. The molecule has 1 aromatic heterocycles. The van der Waals surface area contributed by atoms with Crippen LogP contribution in [0.3, 0.4) is 0 Å². The van der Waals surface area contributed by atoms with Crippen LogP contribution in [0.25, 0.3) is 11.3 Å². The molecule has 0 saturated carbocycles. The number of hydrogen-bond acceptors (Lipinski definition) is 4. The van der Waals surface area contributed by atoms with E-state index in [9.17, 15) is 0 Å². The Morgan fingerprint density at radius 1 is 1.17 bits per heavy atom. The predicted molar refractivity (Wildman–Crippen MR) is 73.1 cm³/mol. The molecule has 0 unspecified atom stereocenters. The fourth-order valence-corrected chi connectivity index (χ4v) is 1.80. The Morgan fingerprint density at radius 2 is 1.89 bits per heavy atom. The van der Waals surface area contributed by atoms with E-state index in [1.165, 1.54) is 5.56 Å². The van der Waals surface area contributed by atoms with Crippen molar-refractivity contribution in [3.63, 3.8) is 0 Å². The van der Waals surface area contributed by atoms with E-state index in [0.29, 0.717) is 5.88 Å². The number of rotatable bonds is 3. The largest absolute Gasteiger partial charge is 0.478 e. The number of anilines is 1. The van der Waals surface area contributed by atoms with E-state index < -0.39 is 0 Å². The summed E-state index contributed by atoms with van der Waals surface area (Å²) in [6.45, 7) is 2.06. The minimum Gasteiger partial charge on any atom is -0.478 e. The monoisotopic (exact) mass is 243 g/mol. The summed E-state index contributed by atoms with van der Waals surface area (Å²) in [5.41, 5.74) is 3.08. The second-order valence-corrected chi connectivity index (χ2v) is 4.30. The van der Waals surface area contributed by atoms with Gasteiger partial charge in [0.25, 0.3) is 5.88 Å². The van der Waals surface area contributed by atoms with Gasteiger partial charge in [0, 0.05) is 19.7 Å². The smallest absolute Gasteiger partial charge is 0.257 e. The molecule has 2 rings (SSSR count). The highest BCUT2D eigenvalue weighted by molar-refractivity contribution is 5.64. The second kappa shape index (κ2) is 5.04. The van der Waals surface area contributed by atoms with E-state index in [-0.39, 0.29) is 0 Å². The lowest BCUT2D eigenvalue weighted by atomic mass is 10.1. The Morgan fingerprint density at radius 3 is 2.50 bits per heavy atom. The van der Waals surface area contributed by atoms with Gasteiger partial charge in [0.15, 0.2) is 5.82 Å². The maximum atomic E-state index is 5.29. The van der Waals surface area contributed by atoms with Gasteiger partial charge in [-0.2, -0.15) is 0 Å². The van der Waals surface area contributed by atoms with Crippen molar-refractivity contribution in [3.05, 3.63) is 36.0 Å². The summed E-state index contributed by atoms with van der Waals surface area (Å²) in [6, 6.07) is 8.10. The second-order valence-electron chi connectivity index (χ2n) is 4.30. The molecule has 0 aliphatic rings. The molecule has 0 amide bonds. The van der Waals surface area contributed by atoms with Crippen molar-refractivity contribution in [2.75, 3.05) is 26.1 Å². The SMILES string of the molecule is COc1nc(-c2ccccc2C)cnc1N(C)C. The topological polar surface area (TPSA) is 38.3 Å². The average molecular weight is 243 g/mol. The Hall–Kier alpha value is -2.10. The van der Waals surface area contributed by atoms with Crippen molar-refractivity contribution in [3.8, 4) is 17.1 Å². The number of aromatic nitrogens is 2. The van der Waals surface area contributed by atoms with E-state index in [4.69, 9.17) is 4.74 Å². The van der Waals surface area contributed by atoms with Gasteiger partial charge >= 0.3 is 0 Å². The van der Waals surface area contributed by atoms with Gasteiger partial charge in [0.1, 0.15) is 0 Å². The molecule has 0 aliphatic heterocycles. The maximum absolute atomic E-state index is 5.29. The Kier molecular flexibility index (Phi) is 3.46.